The lowest BCUT2D eigenvalue weighted by atomic mass is 9.88. The molecule has 0 radical (unpaired) electrons. The van der Waals surface area contributed by atoms with Gasteiger partial charge >= 0.3 is 5.97 Å². The number of nitrogens with two attached hydrogens (primary N) is 1. The Morgan fingerprint density at radius 2 is 2.22 bits per heavy atom. The lowest BCUT2D eigenvalue weighted by Gasteiger charge is -2.32. The monoisotopic (exact) mass is 278 g/mol. The molecule has 0 unspecified atom stereocenters. The molecule has 0 heterocycles. The predicted molar refractivity (Wildman–Crippen MR) is 68.2 cm³/mol. The third-order valence-electron chi connectivity index (χ3n) is 2.56. The maximum atomic E-state index is 11.5. The Morgan fingerprint density at radius 3 is 2.67 bits per heavy atom. The molecule has 0 saturated carbocycles. The Morgan fingerprint density at radius 1 is 1.61 bits per heavy atom. The number of halogens is 1. The summed E-state index contributed by atoms with van der Waals surface area (Å²) in [4.78, 5) is 22.4. The lowest BCUT2D eigenvalue weighted by molar-refractivity contribution is -0.139. The maximum Gasteiger partial charge on any atom is 0.333 e. The molecule has 1 aliphatic rings. The van der Waals surface area contributed by atoms with Crippen molar-refractivity contribution < 1.29 is 19.4 Å². The van der Waals surface area contributed by atoms with Crippen LogP contribution in [-0.4, -0.2) is 41.8 Å². The van der Waals surface area contributed by atoms with Crippen LogP contribution in [0.3, 0.4) is 0 Å². The van der Waals surface area contributed by atoms with Crippen molar-refractivity contribution in [3.05, 3.63) is 11.6 Å². The molecule has 0 aromatic carbocycles. The normalized spacial score (nSPS) is 26.7. The lowest BCUT2D eigenvalue weighted by Crippen LogP contribution is -2.55. The summed E-state index contributed by atoms with van der Waals surface area (Å²) >= 11 is 0. The first-order chi connectivity index (χ1) is 7.95. The van der Waals surface area contributed by atoms with E-state index in [1.54, 1.807) is 6.92 Å². The van der Waals surface area contributed by atoms with Crippen LogP contribution >= 0.6 is 12.4 Å². The Kier molecular flexibility index (Phi) is 6.90. The number of nitrogens with one attached hydrogen (secondary N) is 1. The molecule has 1 amide bonds. The Balaban J connectivity index is 0.00000289. The van der Waals surface area contributed by atoms with Crippen LogP contribution in [0.5, 0.6) is 0 Å². The van der Waals surface area contributed by atoms with E-state index in [0.717, 1.165) is 0 Å². The first kappa shape index (κ1) is 16.9. The molecule has 104 valence electrons. The van der Waals surface area contributed by atoms with E-state index in [1.807, 2.05) is 0 Å². The van der Waals surface area contributed by atoms with E-state index < -0.39 is 24.2 Å². The van der Waals surface area contributed by atoms with Crippen molar-refractivity contribution in [3.8, 4) is 0 Å². The summed E-state index contributed by atoms with van der Waals surface area (Å²) < 4.78 is 4.83. The van der Waals surface area contributed by atoms with Crippen molar-refractivity contribution in [2.45, 2.75) is 38.5 Å². The van der Waals surface area contributed by atoms with Crippen LogP contribution in [0.25, 0.3) is 0 Å². The Bertz CT molecular complexity index is 346. The minimum atomic E-state index is -0.970. The average Bonchev–Trinajstić information content (AvgIpc) is 2.23. The molecule has 4 N–H and O–H groups in total. The van der Waals surface area contributed by atoms with Crippen LogP contribution in [0, 0.1) is 0 Å². The van der Waals surface area contributed by atoms with E-state index in [9.17, 15) is 14.7 Å². The fourth-order valence-corrected chi connectivity index (χ4v) is 1.81. The summed E-state index contributed by atoms with van der Waals surface area (Å²) in [6.45, 7) is 3.33. The molecule has 3 atom stereocenters. The van der Waals surface area contributed by atoms with Crippen molar-refractivity contribution in [2.75, 3.05) is 6.61 Å². The van der Waals surface area contributed by atoms with Gasteiger partial charge in [0, 0.05) is 18.5 Å². The maximum absolute atomic E-state index is 11.5. The average molecular weight is 279 g/mol. The molecule has 0 aromatic rings. The molecule has 0 bridgehead atoms. The number of aliphatic hydroxyl groups excluding tert-OH is 1. The van der Waals surface area contributed by atoms with E-state index in [4.69, 9.17) is 10.5 Å². The van der Waals surface area contributed by atoms with Crippen molar-refractivity contribution in [1.29, 1.82) is 0 Å². The summed E-state index contributed by atoms with van der Waals surface area (Å²) in [5.41, 5.74) is 6.17. The van der Waals surface area contributed by atoms with Gasteiger partial charge in [-0.2, -0.15) is 0 Å². The highest BCUT2D eigenvalue weighted by atomic mass is 35.5. The van der Waals surface area contributed by atoms with E-state index in [2.05, 4.69) is 5.32 Å². The molecule has 7 heteroatoms. The second-order valence-corrected chi connectivity index (χ2v) is 4.00. The molecule has 1 rings (SSSR count). The van der Waals surface area contributed by atoms with Gasteiger partial charge in [0.25, 0.3) is 0 Å². The molecule has 6 nitrogen and oxygen atoms in total. The quantitative estimate of drug-likeness (QED) is 0.604. The SMILES string of the molecule is CCOC(=O)C1=C[C@H](O)[C@H](NC(C)=O)[C@@H](N)C1.Cl. The van der Waals surface area contributed by atoms with Gasteiger partial charge in [-0.3, -0.25) is 4.79 Å². The minimum Gasteiger partial charge on any atom is -0.463 e. The van der Waals surface area contributed by atoms with E-state index in [0.29, 0.717) is 5.57 Å². The first-order valence-electron chi connectivity index (χ1n) is 5.54. The highest BCUT2D eigenvalue weighted by Gasteiger charge is 2.32. The largest absolute Gasteiger partial charge is 0.463 e. The van der Waals surface area contributed by atoms with Gasteiger partial charge in [0.1, 0.15) is 0 Å². The summed E-state index contributed by atoms with van der Waals surface area (Å²) in [7, 11) is 0. The van der Waals surface area contributed by atoms with Gasteiger partial charge < -0.3 is 20.9 Å². The number of aliphatic hydroxyl groups is 1. The van der Waals surface area contributed by atoms with Crippen LogP contribution < -0.4 is 11.1 Å². The second-order valence-electron chi connectivity index (χ2n) is 4.00. The number of carbonyl (C=O) groups excluding carboxylic acids is 2. The number of amides is 1. The fourth-order valence-electron chi connectivity index (χ4n) is 1.81. The van der Waals surface area contributed by atoms with Gasteiger partial charge in [0.05, 0.1) is 18.8 Å². The molecular weight excluding hydrogens is 260 g/mol. The zero-order valence-electron chi connectivity index (χ0n) is 10.4. The van der Waals surface area contributed by atoms with Crippen molar-refractivity contribution in [1.82, 2.24) is 5.32 Å². The van der Waals surface area contributed by atoms with E-state index in [1.165, 1.54) is 13.0 Å². The molecule has 0 saturated heterocycles. The summed E-state index contributed by atoms with van der Waals surface area (Å²) in [6.07, 6.45) is 0.699. The smallest absolute Gasteiger partial charge is 0.333 e. The van der Waals surface area contributed by atoms with Crippen LogP contribution in [0.4, 0.5) is 0 Å². The van der Waals surface area contributed by atoms with Gasteiger partial charge in [0.2, 0.25) is 5.91 Å². The van der Waals surface area contributed by atoms with Gasteiger partial charge in [-0.25, -0.2) is 4.79 Å². The molecule has 0 aromatic heterocycles. The molecule has 18 heavy (non-hydrogen) atoms. The molecular formula is C11H19ClN2O4. The van der Waals surface area contributed by atoms with E-state index >= 15 is 0 Å². The van der Waals surface area contributed by atoms with Crippen LogP contribution in [0.1, 0.15) is 20.3 Å². The number of esters is 1. The highest BCUT2D eigenvalue weighted by Crippen LogP contribution is 2.19. The fraction of sp³-hybridized carbons (Fsp3) is 0.636. The van der Waals surface area contributed by atoms with Crippen LogP contribution in [-0.2, 0) is 14.3 Å². The van der Waals surface area contributed by atoms with Crippen molar-refractivity contribution in [3.63, 3.8) is 0 Å². The summed E-state index contributed by atoms with van der Waals surface area (Å²) in [6, 6.07) is -1.07. The standard InChI is InChI=1S/C11H18N2O4.ClH/c1-3-17-11(16)7-4-8(12)10(9(15)5-7)13-6(2)14;/h5,8-10,15H,3-4,12H2,1-2H3,(H,13,14);1H/t8-,9-,10+;/m0./s1. The second kappa shape index (κ2) is 7.35. The van der Waals surface area contributed by atoms with Crippen LogP contribution in [0.15, 0.2) is 11.6 Å². The van der Waals surface area contributed by atoms with Crippen molar-refractivity contribution >= 4 is 24.3 Å². The summed E-state index contributed by atoms with van der Waals surface area (Å²) in [5.74, 6) is -0.735. The Labute approximate surface area is 112 Å². The third kappa shape index (κ3) is 4.29. The molecule has 0 fully saturated rings. The van der Waals surface area contributed by atoms with Gasteiger partial charge in [0.15, 0.2) is 0 Å². The summed E-state index contributed by atoms with van der Waals surface area (Å²) in [5, 5.41) is 12.4. The molecule has 0 aliphatic heterocycles. The zero-order valence-corrected chi connectivity index (χ0v) is 11.2. The predicted octanol–water partition coefficient (Wildman–Crippen LogP) is -0.506. The minimum absolute atomic E-state index is 0. The number of hydrogen-bond donors (Lipinski definition) is 3. The molecule has 0 spiro atoms. The van der Waals surface area contributed by atoms with Gasteiger partial charge in [-0.15, -0.1) is 12.4 Å². The first-order valence-corrected chi connectivity index (χ1v) is 5.54. The van der Waals surface area contributed by atoms with Gasteiger partial charge in [-0.05, 0) is 19.4 Å². The van der Waals surface area contributed by atoms with Crippen molar-refractivity contribution in [2.24, 2.45) is 5.73 Å². The zero-order chi connectivity index (χ0) is 13.0. The van der Waals surface area contributed by atoms with E-state index in [-0.39, 0.29) is 31.3 Å². The number of hydrogen-bond acceptors (Lipinski definition) is 5. The van der Waals surface area contributed by atoms with Crippen LogP contribution in [0.2, 0.25) is 0 Å². The highest BCUT2D eigenvalue weighted by molar-refractivity contribution is 5.89. The number of rotatable bonds is 3. The molecule has 1 aliphatic carbocycles. The topological polar surface area (TPSA) is 102 Å². The Hall–Kier alpha value is -1.11. The van der Waals surface area contributed by atoms with Gasteiger partial charge in [-0.1, -0.05) is 0 Å². The third-order valence-corrected chi connectivity index (χ3v) is 2.56. The number of carbonyl (C=O) groups is 2. The number of ether oxygens (including phenoxy) is 1.